The van der Waals surface area contributed by atoms with Gasteiger partial charge in [-0.2, -0.15) is 0 Å². The van der Waals surface area contributed by atoms with Gasteiger partial charge in [-0.1, -0.05) is 155 Å². The molecule has 0 fully saturated rings. The molecule has 0 heterocycles. The van der Waals surface area contributed by atoms with E-state index >= 15 is 0 Å². The van der Waals surface area contributed by atoms with Gasteiger partial charge in [0.2, 0.25) is 0 Å². The van der Waals surface area contributed by atoms with Gasteiger partial charge in [-0.05, 0) is 12.8 Å². The smallest absolute Gasteiger partial charge is 0.0600 e. The summed E-state index contributed by atoms with van der Waals surface area (Å²) in [5.74, 6) is 0. The van der Waals surface area contributed by atoms with Crippen LogP contribution in [-0.4, -0.2) is 23.3 Å². The van der Waals surface area contributed by atoms with Crippen molar-refractivity contribution in [3.63, 3.8) is 0 Å². The first-order chi connectivity index (χ1) is 15.6. The molecule has 1 atom stereocenters. The normalized spacial score (nSPS) is 13.0. The lowest BCUT2D eigenvalue weighted by Gasteiger charge is -2.35. The fourth-order valence-electron chi connectivity index (χ4n) is 4.91. The standard InChI is InChI=1S/C29H62N2O/c1-3-5-7-9-11-13-15-17-19-21-23-25-29(31,28(30)27-32)26-24-22-20-18-16-14-12-10-8-6-4-2/h28,32H,3-27,30-31H2,1-2H3. The zero-order chi connectivity index (χ0) is 23.8. The van der Waals surface area contributed by atoms with Crippen molar-refractivity contribution >= 4 is 0 Å². The predicted molar refractivity (Wildman–Crippen MR) is 144 cm³/mol. The minimum atomic E-state index is -0.382. The molecule has 5 N–H and O–H groups in total. The van der Waals surface area contributed by atoms with Gasteiger partial charge in [0, 0.05) is 11.6 Å². The molecule has 3 heteroatoms. The molecule has 0 amide bonds. The molecule has 0 saturated carbocycles. The number of hydrogen-bond donors (Lipinski definition) is 3. The molecular weight excluding hydrogens is 392 g/mol. The van der Waals surface area contributed by atoms with Gasteiger partial charge in [0.25, 0.3) is 0 Å². The summed E-state index contributed by atoms with van der Waals surface area (Å²) < 4.78 is 0. The van der Waals surface area contributed by atoms with Gasteiger partial charge < -0.3 is 16.6 Å². The Bertz CT molecular complexity index is 335. The van der Waals surface area contributed by atoms with E-state index < -0.39 is 0 Å². The molecule has 0 aromatic carbocycles. The molecule has 0 aromatic heterocycles. The highest BCUT2D eigenvalue weighted by Gasteiger charge is 2.30. The summed E-state index contributed by atoms with van der Waals surface area (Å²) in [4.78, 5) is 0. The molecule has 0 aromatic rings. The van der Waals surface area contributed by atoms with Crippen LogP contribution >= 0.6 is 0 Å². The Kier molecular flexibility index (Phi) is 23.9. The van der Waals surface area contributed by atoms with Crippen LogP contribution in [0.4, 0.5) is 0 Å². The fourth-order valence-corrected chi connectivity index (χ4v) is 4.91. The third-order valence-electron chi connectivity index (χ3n) is 7.43. The van der Waals surface area contributed by atoms with Crippen LogP contribution in [0.3, 0.4) is 0 Å². The van der Waals surface area contributed by atoms with Gasteiger partial charge in [0.05, 0.1) is 6.61 Å². The van der Waals surface area contributed by atoms with Gasteiger partial charge in [-0.15, -0.1) is 0 Å². The van der Waals surface area contributed by atoms with Gasteiger partial charge in [-0.25, -0.2) is 0 Å². The van der Waals surface area contributed by atoms with Crippen LogP contribution < -0.4 is 11.5 Å². The second-order valence-electron chi connectivity index (χ2n) is 10.6. The van der Waals surface area contributed by atoms with E-state index in [0.717, 1.165) is 25.7 Å². The van der Waals surface area contributed by atoms with Crippen LogP contribution in [0.2, 0.25) is 0 Å². The lowest BCUT2D eigenvalue weighted by atomic mass is 9.81. The number of unbranched alkanes of at least 4 members (excludes halogenated alkanes) is 20. The number of hydrogen-bond acceptors (Lipinski definition) is 3. The Labute approximate surface area is 202 Å². The average Bonchev–Trinajstić information content (AvgIpc) is 2.80. The van der Waals surface area contributed by atoms with Crippen molar-refractivity contribution in [2.45, 2.75) is 180 Å². The maximum atomic E-state index is 9.62. The maximum absolute atomic E-state index is 9.62. The number of rotatable bonds is 26. The van der Waals surface area contributed by atoms with Crippen LogP contribution in [0.1, 0.15) is 168 Å². The highest BCUT2D eigenvalue weighted by molar-refractivity contribution is 4.93. The molecule has 32 heavy (non-hydrogen) atoms. The molecule has 0 aliphatic carbocycles. The first-order valence-electron chi connectivity index (χ1n) is 14.8. The summed E-state index contributed by atoms with van der Waals surface area (Å²) in [7, 11) is 0. The summed E-state index contributed by atoms with van der Waals surface area (Å²) >= 11 is 0. The summed E-state index contributed by atoms with van der Waals surface area (Å²) in [6, 6.07) is -0.284. The van der Waals surface area contributed by atoms with Crippen LogP contribution in [0.5, 0.6) is 0 Å². The highest BCUT2D eigenvalue weighted by atomic mass is 16.3. The van der Waals surface area contributed by atoms with E-state index in [4.69, 9.17) is 11.5 Å². The Morgan fingerprint density at radius 2 is 0.750 bits per heavy atom. The van der Waals surface area contributed by atoms with Crippen molar-refractivity contribution in [2.75, 3.05) is 6.61 Å². The largest absolute Gasteiger partial charge is 0.395 e. The highest BCUT2D eigenvalue weighted by Crippen LogP contribution is 2.24. The quantitative estimate of drug-likeness (QED) is 0.115. The first kappa shape index (κ1) is 31.9. The van der Waals surface area contributed by atoms with Gasteiger partial charge >= 0.3 is 0 Å². The van der Waals surface area contributed by atoms with E-state index in [1.54, 1.807) is 0 Å². The molecule has 0 spiro atoms. The SMILES string of the molecule is CCCCCCCCCCCCCC(N)(CCCCCCCCCCCCC)C(N)CO. The van der Waals surface area contributed by atoms with Crippen molar-refractivity contribution in [1.82, 2.24) is 0 Å². The molecule has 0 aliphatic rings. The van der Waals surface area contributed by atoms with Crippen molar-refractivity contribution in [3.05, 3.63) is 0 Å². The van der Waals surface area contributed by atoms with Crippen LogP contribution in [0.15, 0.2) is 0 Å². The van der Waals surface area contributed by atoms with Crippen LogP contribution in [0.25, 0.3) is 0 Å². The van der Waals surface area contributed by atoms with Crippen LogP contribution in [0, 0.1) is 0 Å². The van der Waals surface area contributed by atoms with Gasteiger partial charge in [-0.3, -0.25) is 0 Å². The van der Waals surface area contributed by atoms with E-state index in [1.807, 2.05) is 0 Å². The van der Waals surface area contributed by atoms with Crippen molar-refractivity contribution < 1.29 is 5.11 Å². The molecule has 0 rings (SSSR count). The Hall–Kier alpha value is -0.120. The second kappa shape index (κ2) is 24.0. The molecular formula is C29H62N2O. The lowest BCUT2D eigenvalue weighted by Crippen LogP contribution is -2.57. The topological polar surface area (TPSA) is 72.3 Å². The van der Waals surface area contributed by atoms with Gasteiger partial charge in [0.1, 0.15) is 0 Å². The molecule has 0 aliphatic heterocycles. The molecule has 0 bridgehead atoms. The summed E-state index contributed by atoms with van der Waals surface area (Å²) in [5.41, 5.74) is 12.6. The maximum Gasteiger partial charge on any atom is 0.0600 e. The molecule has 194 valence electrons. The third kappa shape index (κ3) is 19.4. The average molecular weight is 455 g/mol. The van der Waals surface area contributed by atoms with Crippen molar-refractivity contribution in [3.8, 4) is 0 Å². The van der Waals surface area contributed by atoms with E-state index in [9.17, 15) is 5.11 Å². The number of nitrogens with two attached hydrogens (primary N) is 2. The Morgan fingerprint density at radius 1 is 0.500 bits per heavy atom. The molecule has 1 unspecified atom stereocenters. The summed E-state index contributed by atoms with van der Waals surface area (Å²) in [6.07, 6.45) is 31.6. The molecule has 0 saturated heterocycles. The number of aliphatic hydroxyl groups is 1. The minimum absolute atomic E-state index is 0.00651. The van der Waals surface area contributed by atoms with E-state index in [0.29, 0.717) is 0 Å². The van der Waals surface area contributed by atoms with Gasteiger partial charge in [0.15, 0.2) is 0 Å². The Morgan fingerprint density at radius 3 is 1.00 bits per heavy atom. The van der Waals surface area contributed by atoms with E-state index in [2.05, 4.69) is 13.8 Å². The number of aliphatic hydroxyl groups excluding tert-OH is 1. The van der Waals surface area contributed by atoms with Crippen molar-refractivity contribution in [1.29, 1.82) is 0 Å². The van der Waals surface area contributed by atoms with E-state index in [-0.39, 0.29) is 18.2 Å². The minimum Gasteiger partial charge on any atom is -0.395 e. The third-order valence-corrected chi connectivity index (χ3v) is 7.43. The monoisotopic (exact) mass is 454 g/mol. The second-order valence-corrected chi connectivity index (χ2v) is 10.6. The fraction of sp³-hybridized carbons (Fsp3) is 1.00. The van der Waals surface area contributed by atoms with Crippen LogP contribution in [-0.2, 0) is 0 Å². The van der Waals surface area contributed by atoms with E-state index in [1.165, 1.54) is 128 Å². The molecule has 3 nitrogen and oxygen atoms in total. The lowest BCUT2D eigenvalue weighted by molar-refractivity contribution is 0.183. The first-order valence-corrected chi connectivity index (χ1v) is 14.8. The zero-order valence-corrected chi connectivity index (χ0v) is 22.4. The zero-order valence-electron chi connectivity index (χ0n) is 22.4. The Balaban J connectivity index is 3.74. The van der Waals surface area contributed by atoms with Crippen molar-refractivity contribution in [2.24, 2.45) is 11.5 Å². The predicted octanol–water partition coefficient (Wildman–Crippen LogP) is 8.41. The molecule has 0 radical (unpaired) electrons. The summed E-state index contributed by atoms with van der Waals surface area (Å²) in [5, 5.41) is 9.62. The summed E-state index contributed by atoms with van der Waals surface area (Å²) in [6.45, 7) is 4.57.